The minimum Gasteiger partial charge on any atom is -0.317 e. The Bertz CT molecular complexity index is 1370. The van der Waals surface area contributed by atoms with Gasteiger partial charge in [0.25, 0.3) is 5.56 Å². The van der Waals surface area contributed by atoms with Gasteiger partial charge in [-0.05, 0) is 12.1 Å². The maximum atomic E-state index is 12.2. The number of hydrogen-bond acceptors (Lipinski definition) is 6. The molecule has 0 saturated carbocycles. The van der Waals surface area contributed by atoms with E-state index in [0.29, 0.717) is 11.0 Å². The van der Waals surface area contributed by atoms with Crippen LogP contribution in [-0.2, 0) is 0 Å². The van der Waals surface area contributed by atoms with Crippen LogP contribution < -0.4 is 11.0 Å². The smallest absolute Gasteiger partial charge is 0.293 e. The van der Waals surface area contributed by atoms with Crippen molar-refractivity contribution < 1.29 is 0 Å². The molecule has 0 aliphatic heterocycles. The van der Waals surface area contributed by atoms with Crippen LogP contribution in [0.2, 0.25) is 0 Å². The number of nitrogens with zero attached hydrogens (tertiary/aromatic N) is 4. The molecule has 0 aliphatic rings. The fraction of sp³-hybridized carbons (Fsp3) is 0. The van der Waals surface area contributed by atoms with Crippen LogP contribution in [0.15, 0.2) is 76.1 Å². The zero-order chi connectivity index (χ0) is 18.9. The maximum absolute atomic E-state index is 12.2. The van der Waals surface area contributed by atoms with Crippen molar-refractivity contribution in [1.29, 1.82) is 0 Å². The molecule has 3 aromatic heterocycles. The van der Waals surface area contributed by atoms with Gasteiger partial charge in [-0.25, -0.2) is 9.97 Å². The summed E-state index contributed by atoms with van der Waals surface area (Å²) in [5.41, 5.74) is 6.46. The highest BCUT2D eigenvalue weighted by Crippen LogP contribution is 2.25. The summed E-state index contributed by atoms with van der Waals surface area (Å²) in [6.45, 7) is 0. The largest absolute Gasteiger partial charge is 0.317 e. The van der Waals surface area contributed by atoms with Crippen molar-refractivity contribution >= 4 is 39.4 Å². The van der Waals surface area contributed by atoms with E-state index in [2.05, 4.69) is 20.5 Å². The van der Waals surface area contributed by atoms with E-state index < -0.39 is 0 Å². The highest BCUT2D eigenvalue weighted by atomic mass is 32.1. The molecule has 2 aromatic carbocycles. The first-order chi connectivity index (χ1) is 13.8. The Kier molecular flexibility index (Phi) is 3.95. The number of aromatic amines is 1. The van der Waals surface area contributed by atoms with E-state index in [-0.39, 0.29) is 11.4 Å². The van der Waals surface area contributed by atoms with Crippen molar-refractivity contribution in [3.05, 3.63) is 82.2 Å². The van der Waals surface area contributed by atoms with Crippen LogP contribution in [0, 0.1) is 0 Å². The van der Waals surface area contributed by atoms with Crippen molar-refractivity contribution in [2.24, 2.45) is 5.10 Å². The normalized spacial score (nSPS) is 11.6. The van der Waals surface area contributed by atoms with E-state index in [1.54, 1.807) is 17.6 Å². The Morgan fingerprint density at radius 3 is 2.79 bits per heavy atom. The van der Waals surface area contributed by atoms with Gasteiger partial charge in [0.2, 0.25) is 5.82 Å². The van der Waals surface area contributed by atoms with E-state index >= 15 is 0 Å². The number of rotatable bonds is 4. The SMILES string of the molecule is O=c1[nH]c2ccccc2nc1N/N=C/c1c(-c2ccccc2)nc2sccn12. The van der Waals surface area contributed by atoms with Gasteiger partial charge in [0, 0.05) is 17.1 Å². The van der Waals surface area contributed by atoms with Crippen molar-refractivity contribution in [1.82, 2.24) is 19.4 Å². The van der Waals surface area contributed by atoms with Gasteiger partial charge in [-0.3, -0.25) is 14.6 Å². The summed E-state index contributed by atoms with van der Waals surface area (Å²) in [5, 5.41) is 6.22. The summed E-state index contributed by atoms with van der Waals surface area (Å²) >= 11 is 1.55. The van der Waals surface area contributed by atoms with Gasteiger partial charge < -0.3 is 4.98 Å². The van der Waals surface area contributed by atoms with E-state index in [4.69, 9.17) is 4.98 Å². The number of H-pyrrole nitrogens is 1. The standard InChI is InChI=1S/C20H14N6OS/c27-19-18(22-14-8-4-5-9-15(14)23-19)25-21-12-16-17(13-6-2-1-3-7-13)24-20-26(16)10-11-28-20/h1-12H,(H,22,25)(H,23,27)/b21-12+. The lowest BCUT2D eigenvalue weighted by molar-refractivity contribution is 1.16. The second-order valence-corrected chi connectivity index (χ2v) is 6.94. The summed E-state index contributed by atoms with van der Waals surface area (Å²) < 4.78 is 1.97. The third-order valence-electron chi connectivity index (χ3n) is 4.30. The van der Waals surface area contributed by atoms with Gasteiger partial charge in [0.1, 0.15) is 0 Å². The first kappa shape index (κ1) is 16.4. The number of aromatic nitrogens is 4. The van der Waals surface area contributed by atoms with E-state index in [0.717, 1.165) is 21.9 Å². The molecule has 2 N–H and O–H groups in total. The zero-order valence-electron chi connectivity index (χ0n) is 14.5. The Balaban J connectivity index is 1.52. The lowest BCUT2D eigenvalue weighted by atomic mass is 10.1. The molecular weight excluding hydrogens is 372 g/mol. The predicted octanol–water partition coefficient (Wildman–Crippen LogP) is 3.75. The molecule has 0 atom stereocenters. The number of para-hydroxylation sites is 2. The monoisotopic (exact) mass is 386 g/mol. The average molecular weight is 386 g/mol. The van der Waals surface area contributed by atoms with Gasteiger partial charge in [-0.1, -0.05) is 42.5 Å². The van der Waals surface area contributed by atoms with Crippen LogP contribution >= 0.6 is 11.3 Å². The summed E-state index contributed by atoms with van der Waals surface area (Å²) in [7, 11) is 0. The maximum Gasteiger partial charge on any atom is 0.293 e. The predicted molar refractivity (Wildman–Crippen MR) is 112 cm³/mol. The Morgan fingerprint density at radius 2 is 1.89 bits per heavy atom. The third-order valence-corrected chi connectivity index (χ3v) is 5.06. The first-order valence-electron chi connectivity index (χ1n) is 8.59. The summed E-state index contributed by atoms with van der Waals surface area (Å²) in [6.07, 6.45) is 3.60. The highest BCUT2D eigenvalue weighted by Gasteiger charge is 2.13. The average Bonchev–Trinajstić information content (AvgIpc) is 3.31. The fourth-order valence-corrected chi connectivity index (χ4v) is 3.72. The van der Waals surface area contributed by atoms with Crippen LogP contribution in [-0.4, -0.2) is 25.6 Å². The number of imidazole rings is 1. The molecule has 0 aliphatic carbocycles. The Labute approximate surface area is 163 Å². The van der Waals surface area contributed by atoms with Crippen LogP contribution in [0.25, 0.3) is 27.3 Å². The van der Waals surface area contributed by atoms with Gasteiger partial charge in [-0.15, -0.1) is 11.3 Å². The minimum absolute atomic E-state index is 0.141. The number of anilines is 1. The highest BCUT2D eigenvalue weighted by molar-refractivity contribution is 7.15. The molecule has 0 fully saturated rings. The lowest BCUT2D eigenvalue weighted by Crippen LogP contribution is -2.13. The fourth-order valence-electron chi connectivity index (χ4n) is 2.99. The number of hydrazone groups is 1. The van der Waals surface area contributed by atoms with E-state index in [1.807, 2.05) is 70.6 Å². The molecule has 7 nitrogen and oxygen atoms in total. The molecular formula is C20H14N6OS. The number of nitrogens with one attached hydrogen (secondary N) is 2. The van der Waals surface area contributed by atoms with Crippen molar-refractivity contribution in [2.75, 3.05) is 5.43 Å². The van der Waals surface area contributed by atoms with Crippen LogP contribution in [0.5, 0.6) is 0 Å². The topological polar surface area (TPSA) is 87.4 Å². The second-order valence-electron chi connectivity index (χ2n) is 6.07. The quantitative estimate of drug-likeness (QED) is 0.364. The molecule has 0 saturated heterocycles. The van der Waals surface area contributed by atoms with E-state index in [1.165, 1.54) is 0 Å². The summed E-state index contributed by atoms with van der Waals surface area (Å²) in [4.78, 5) is 24.9. The summed E-state index contributed by atoms with van der Waals surface area (Å²) in [5.74, 6) is 0.141. The molecule has 3 heterocycles. The van der Waals surface area contributed by atoms with Crippen molar-refractivity contribution in [2.45, 2.75) is 0 Å². The molecule has 5 rings (SSSR count). The molecule has 0 unspecified atom stereocenters. The Morgan fingerprint density at radius 1 is 1.07 bits per heavy atom. The lowest BCUT2D eigenvalue weighted by Gasteiger charge is -2.02. The third kappa shape index (κ3) is 2.85. The molecule has 28 heavy (non-hydrogen) atoms. The Hall–Kier alpha value is -3.78. The molecule has 0 radical (unpaired) electrons. The molecule has 0 spiro atoms. The molecule has 136 valence electrons. The molecule has 5 aromatic rings. The zero-order valence-corrected chi connectivity index (χ0v) is 15.4. The van der Waals surface area contributed by atoms with Crippen molar-refractivity contribution in [3.8, 4) is 11.3 Å². The summed E-state index contributed by atoms with van der Waals surface area (Å²) in [6, 6.07) is 17.3. The number of benzene rings is 2. The van der Waals surface area contributed by atoms with E-state index in [9.17, 15) is 4.79 Å². The molecule has 0 bridgehead atoms. The van der Waals surface area contributed by atoms with Crippen LogP contribution in [0.1, 0.15) is 5.69 Å². The van der Waals surface area contributed by atoms with Crippen molar-refractivity contribution in [3.63, 3.8) is 0 Å². The first-order valence-corrected chi connectivity index (χ1v) is 9.47. The molecule has 8 heteroatoms. The second kappa shape index (κ2) is 6.75. The number of fused-ring (bicyclic) bond motifs is 2. The molecule has 0 amide bonds. The number of thiazole rings is 1. The van der Waals surface area contributed by atoms with Gasteiger partial charge in [-0.2, -0.15) is 5.10 Å². The van der Waals surface area contributed by atoms with Crippen LogP contribution in [0.3, 0.4) is 0 Å². The van der Waals surface area contributed by atoms with Gasteiger partial charge in [0.15, 0.2) is 4.96 Å². The number of hydrogen-bond donors (Lipinski definition) is 2. The van der Waals surface area contributed by atoms with Crippen LogP contribution in [0.4, 0.5) is 5.82 Å². The minimum atomic E-state index is -0.326. The van der Waals surface area contributed by atoms with Gasteiger partial charge in [0.05, 0.1) is 28.6 Å². The van der Waals surface area contributed by atoms with Gasteiger partial charge >= 0.3 is 0 Å².